The first-order valence-electron chi connectivity index (χ1n) is 11.3. The summed E-state index contributed by atoms with van der Waals surface area (Å²) in [5.41, 5.74) is 1.77. The average Bonchev–Trinajstić information content (AvgIpc) is 3.48. The van der Waals surface area contributed by atoms with E-state index in [1.165, 1.54) is 17.7 Å². The third kappa shape index (κ3) is 4.10. The Balaban J connectivity index is 1.29. The van der Waals surface area contributed by atoms with E-state index in [0.717, 1.165) is 68.8 Å². The largest absolute Gasteiger partial charge is 0.342 e. The minimum atomic E-state index is 0.00474. The van der Waals surface area contributed by atoms with Crippen LogP contribution in [-0.4, -0.2) is 45.3 Å². The molecule has 5 rings (SSSR count). The minimum Gasteiger partial charge on any atom is -0.342 e. The lowest BCUT2D eigenvalue weighted by Crippen LogP contribution is -2.43. The van der Waals surface area contributed by atoms with E-state index in [2.05, 4.69) is 27.4 Å². The van der Waals surface area contributed by atoms with Crippen molar-refractivity contribution >= 4 is 17.2 Å². The Morgan fingerprint density at radius 3 is 2.87 bits per heavy atom. The molecule has 0 unspecified atom stereocenters. The first kappa shape index (κ1) is 19.9. The van der Waals surface area contributed by atoms with Gasteiger partial charge in [-0.2, -0.15) is 0 Å². The van der Waals surface area contributed by atoms with Gasteiger partial charge in [-0.05, 0) is 37.1 Å². The summed E-state index contributed by atoms with van der Waals surface area (Å²) in [7, 11) is 0. The molecular weight excluding hydrogens is 396 g/mol. The molecule has 1 saturated carbocycles. The molecule has 30 heavy (non-hydrogen) atoms. The van der Waals surface area contributed by atoms with E-state index < -0.39 is 0 Å². The van der Waals surface area contributed by atoms with Gasteiger partial charge in [-0.1, -0.05) is 18.9 Å². The zero-order chi connectivity index (χ0) is 20.5. The Kier molecular flexibility index (Phi) is 5.74. The highest BCUT2D eigenvalue weighted by Gasteiger charge is 2.32. The maximum atomic E-state index is 12.9. The van der Waals surface area contributed by atoms with Crippen LogP contribution in [0.25, 0.3) is 0 Å². The van der Waals surface area contributed by atoms with Gasteiger partial charge in [0.2, 0.25) is 5.91 Å². The maximum Gasteiger partial charge on any atom is 0.255 e. The summed E-state index contributed by atoms with van der Waals surface area (Å²) in [5, 5.41) is 2.10. The number of thiophene rings is 1. The van der Waals surface area contributed by atoms with E-state index in [1.807, 2.05) is 4.90 Å². The molecule has 1 aliphatic carbocycles. The molecule has 1 atom stereocenters. The molecule has 0 spiro atoms. The molecule has 4 heterocycles. The van der Waals surface area contributed by atoms with E-state index in [9.17, 15) is 9.59 Å². The van der Waals surface area contributed by atoms with Crippen molar-refractivity contribution in [3.05, 3.63) is 49.8 Å². The zero-order valence-electron chi connectivity index (χ0n) is 17.4. The molecule has 0 aromatic carbocycles. The van der Waals surface area contributed by atoms with Gasteiger partial charge in [-0.3, -0.25) is 14.5 Å². The topological polar surface area (TPSA) is 69.3 Å². The first-order valence-corrected chi connectivity index (χ1v) is 12.2. The van der Waals surface area contributed by atoms with Crippen molar-refractivity contribution in [2.75, 3.05) is 19.6 Å². The monoisotopic (exact) mass is 426 g/mol. The van der Waals surface area contributed by atoms with Crippen LogP contribution in [0.15, 0.2) is 22.3 Å². The first-order chi connectivity index (χ1) is 14.7. The Morgan fingerprint density at radius 2 is 2.07 bits per heavy atom. The Labute approximate surface area is 181 Å². The Hall–Kier alpha value is -1.99. The highest BCUT2D eigenvalue weighted by molar-refractivity contribution is 7.09. The van der Waals surface area contributed by atoms with Crippen LogP contribution in [0.2, 0.25) is 0 Å². The second-order valence-electron chi connectivity index (χ2n) is 9.02. The highest BCUT2D eigenvalue weighted by Crippen LogP contribution is 2.31. The summed E-state index contributed by atoms with van der Waals surface area (Å²) in [4.78, 5) is 39.4. The van der Waals surface area contributed by atoms with Gasteiger partial charge in [0.25, 0.3) is 5.56 Å². The minimum absolute atomic E-state index is 0.00474. The molecule has 2 aromatic rings. The lowest BCUT2D eigenvalue weighted by atomic mass is 9.94. The van der Waals surface area contributed by atoms with Gasteiger partial charge in [0.1, 0.15) is 5.82 Å². The van der Waals surface area contributed by atoms with Gasteiger partial charge in [0.05, 0.1) is 11.3 Å². The molecule has 2 aromatic heterocycles. The van der Waals surface area contributed by atoms with E-state index in [0.29, 0.717) is 19.0 Å². The van der Waals surface area contributed by atoms with Gasteiger partial charge in [0.15, 0.2) is 0 Å². The van der Waals surface area contributed by atoms with Crippen LogP contribution in [0.4, 0.5) is 0 Å². The molecule has 1 N–H and O–H groups in total. The number of fused-ring (bicyclic) bond motifs is 1. The summed E-state index contributed by atoms with van der Waals surface area (Å²) in [5.74, 6) is 1.47. The summed E-state index contributed by atoms with van der Waals surface area (Å²) in [6.07, 6.45) is 7.22. The van der Waals surface area contributed by atoms with Crippen molar-refractivity contribution in [2.45, 2.75) is 64.0 Å². The fraction of sp³-hybridized carbons (Fsp3) is 0.609. The number of hydrogen-bond acceptors (Lipinski definition) is 5. The van der Waals surface area contributed by atoms with Crippen molar-refractivity contribution in [1.82, 2.24) is 19.8 Å². The standard InChI is InChI=1S/C23H30N4O2S/c28-22-19-15-26(14-18-8-4-12-30-18)11-9-20(19)24-21(25-22)17-7-3-10-27(13-17)23(29)16-5-1-2-6-16/h4,8,12,16-17H,1-3,5-7,9-11,13-15H2,(H,24,25,28)/t17-/m0/s1. The summed E-state index contributed by atoms with van der Waals surface area (Å²) >= 11 is 1.76. The molecule has 1 saturated heterocycles. The van der Waals surface area contributed by atoms with Gasteiger partial charge < -0.3 is 9.88 Å². The number of nitrogens with zero attached hydrogens (tertiary/aromatic N) is 3. The SMILES string of the molecule is O=C(C1CCCC1)N1CCC[C@H](c2nc3c(c(=O)[nH]2)CN(Cc2cccs2)CC3)C1. The second kappa shape index (κ2) is 8.63. The smallest absolute Gasteiger partial charge is 0.255 e. The number of H-pyrrole nitrogens is 1. The van der Waals surface area contributed by atoms with Crippen molar-refractivity contribution in [3.8, 4) is 0 Å². The van der Waals surface area contributed by atoms with Gasteiger partial charge in [-0.15, -0.1) is 11.3 Å². The number of carbonyl (C=O) groups is 1. The van der Waals surface area contributed by atoms with Crippen molar-refractivity contribution in [3.63, 3.8) is 0 Å². The molecule has 2 aliphatic heterocycles. The van der Waals surface area contributed by atoms with Crippen LogP contribution in [0.3, 0.4) is 0 Å². The third-order valence-electron chi connectivity index (χ3n) is 6.95. The van der Waals surface area contributed by atoms with Crippen LogP contribution in [0.5, 0.6) is 0 Å². The Morgan fingerprint density at radius 1 is 1.20 bits per heavy atom. The van der Waals surface area contributed by atoms with Crippen LogP contribution in [0.1, 0.15) is 66.4 Å². The Bertz CT molecular complexity index is 949. The van der Waals surface area contributed by atoms with Gasteiger partial charge in [-0.25, -0.2) is 4.98 Å². The predicted molar refractivity (Wildman–Crippen MR) is 118 cm³/mol. The van der Waals surface area contributed by atoms with Crippen molar-refractivity contribution in [2.24, 2.45) is 5.92 Å². The van der Waals surface area contributed by atoms with E-state index in [-0.39, 0.29) is 17.4 Å². The third-order valence-corrected chi connectivity index (χ3v) is 7.81. The highest BCUT2D eigenvalue weighted by atomic mass is 32.1. The number of piperidine rings is 1. The van der Waals surface area contributed by atoms with E-state index in [4.69, 9.17) is 4.98 Å². The van der Waals surface area contributed by atoms with Crippen molar-refractivity contribution < 1.29 is 4.79 Å². The number of carbonyl (C=O) groups excluding carboxylic acids is 1. The number of rotatable bonds is 4. The number of aromatic nitrogens is 2. The predicted octanol–water partition coefficient (Wildman–Crippen LogP) is 3.29. The lowest BCUT2D eigenvalue weighted by molar-refractivity contribution is -0.136. The molecule has 6 nitrogen and oxygen atoms in total. The second-order valence-corrected chi connectivity index (χ2v) is 10.1. The number of nitrogens with one attached hydrogen (secondary N) is 1. The fourth-order valence-corrected chi connectivity index (χ4v) is 6.03. The molecule has 0 radical (unpaired) electrons. The van der Waals surface area contributed by atoms with E-state index in [1.54, 1.807) is 11.3 Å². The number of aromatic amines is 1. The number of hydrogen-bond donors (Lipinski definition) is 1. The number of amides is 1. The van der Waals surface area contributed by atoms with Gasteiger partial charge in [0, 0.05) is 55.9 Å². The summed E-state index contributed by atoms with van der Waals surface area (Å²) in [6, 6.07) is 4.22. The van der Waals surface area contributed by atoms with Crippen LogP contribution < -0.4 is 5.56 Å². The molecule has 2 fully saturated rings. The molecular formula is C23H30N4O2S. The summed E-state index contributed by atoms with van der Waals surface area (Å²) < 4.78 is 0. The van der Waals surface area contributed by atoms with Crippen molar-refractivity contribution in [1.29, 1.82) is 0 Å². The molecule has 1 amide bonds. The maximum absolute atomic E-state index is 12.9. The van der Waals surface area contributed by atoms with Crippen LogP contribution in [0, 0.1) is 5.92 Å². The van der Waals surface area contributed by atoms with Crippen LogP contribution in [-0.2, 0) is 24.3 Å². The quantitative estimate of drug-likeness (QED) is 0.815. The summed E-state index contributed by atoms with van der Waals surface area (Å²) in [6.45, 7) is 4.02. The lowest BCUT2D eigenvalue weighted by Gasteiger charge is -2.34. The van der Waals surface area contributed by atoms with Crippen LogP contribution >= 0.6 is 11.3 Å². The normalized spacial score (nSPS) is 22.9. The molecule has 3 aliphatic rings. The average molecular weight is 427 g/mol. The van der Waals surface area contributed by atoms with Gasteiger partial charge >= 0.3 is 0 Å². The number of likely N-dealkylation sites (tertiary alicyclic amines) is 1. The molecule has 160 valence electrons. The zero-order valence-corrected chi connectivity index (χ0v) is 18.3. The van der Waals surface area contributed by atoms with E-state index >= 15 is 0 Å². The fourth-order valence-electron chi connectivity index (χ4n) is 5.28. The molecule has 0 bridgehead atoms. The molecule has 7 heteroatoms.